The van der Waals surface area contributed by atoms with Gasteiger partial charge in [-0.15, -0.1) is 0 Å². The molecule has 0 heterocycles. The molecule has 4 nitrogen and oxygen atoms in total. The Balaban J connectivity index is 1.73. The van der Waals surface area contributed by atoms with Crippen LogP contribution in [0, 0.1) is 5.92 Å². The summed E-state index contributed by atoms with van der Waals surface area (Å²) < 4.78 is 10.8. The number of rotatable bonds is 6. The highest BCUT2D eigenvalue weighted by atomic mass is 16.5. The summed E-state index contributed by atoms with van der Waals surface area (Å²) in [5.74, 6) is 1.97. The van der Waals surface area contributed by atoms with E-state index in [2.05, 4.69) is 5.32 Å². The Kier molecular flexibility index (Phi) is 5.27. The van der Waals surface area contributed by atoms with Gasteiger partial charge >= 0.3 is 0 Å². The molecule has 0 unspecified atom stereocenters. The number of methoxy groups -OCH3 is 1. The van der Waals surface area contributed by atoms with E-state index in [0.29, 0.717) is 6.61 Å². The number of amides is 1. The third-order valence-electron chi connectivity index (χ3n) is 3.67. The zero-order chi connectivity index (χ0) is 14.4. The molecule has 0 aliphatic heterocycles. The summed E-state index contributed by atoms with van der Waals surface area (Å²) in [7, 11) is 1.64. The number of carbonyl (C=O) groups excluding carboxylic acids is 1. The summed E-state index contributed by atoms with van der Waals surface area (Å²) in [6, 6.07) is 7.47. The van der Waals surface area contributed by atoms with Crippen molar-refractivity contribution >= 4 is 5.91 Å². The molecular formula is C16H23NO3. The predicted molar refractivity (Wildman–Crippen MR) is 78.1 cm³/mol. The van der Waals surface area contributed by atoms with E-state index in [4.69, 9.17) is 9.47 Å². The molecule has 1 aliphatic carbocycles. The fourth-order valence-corrected chi connectivity index (χ4v) is 2.48. The maximum atomic E-state index is 12.0. The van der Waals surface area contributed by atoms with Crippen LogP contribution >= 0.6 is 0 Å². The molecule has 4 heteroatoms. The minimum Gasteiger partial charge on any atom is -0.497 e. The summed E-state index contributed by atoms with van der Waals surface area (Å²) in [5, 5.41) is 3.03. The summed E-state index contributed by atoms with van der Waals surface area (Å²) in [6.07, 6.45) is 4.40. The van der Waals surface area contributed by atoms with Crippen molar-refractivity contribution in [3.8, 4) is 11.5 Å². The van der Waals surface area contributed by atoms with Gasteiger partial charge in [-0.05, 0) is 44.0 Å². The quantitative estimate of drug-likeness (QED) is 0.869. The first-order valence-corrected chi connectivity index (χ1v) is 7.26. The number of nitrogens with one attached hydrogen (secondary N) is 1. The van der Waals surface area contributed by atoms with E-state index in [0.717, 1.165) is 24.3 Å². The number of hydrogen-bond acceptors (Lipinski definition) is 3. The van der Waals surface area contributed by atoms with Crippen molar-refractivity contribution in [1.82, 2.24) is 5.32 Å². The van der Waals surface area contributed by atoms with Crippen molar-refractivity contribution in [2.45, 2.75) is 38.6 Å². The Hall–Kier alpha value is -1.71. The number of hydrogen-bond donors (Lipinski definition) is 1. The van der Waals surface area contributed by atoms with Crippen LogP contribution in [-0.2, 0) is 4.79 Å². The summed E-state index contributed by atoms with van der Waals surface area (Å²) >= 11 is 0. The normalized spacial score (nSPS) is 16.7. The fourth-order valence-electron chi connectivity index (χ4n) is 2.48. The minimum atomic E-state index is 0.0187. The molecule has 1 aromatic rings. The summed E-state index contributed by atoms with van der Waals surface area (Å²) in [4.78, 5) is 12.0. The Morgan fingerprint density at radius 2 is 1.85 bits per heavy atom. The van der Waals surface area contributed by atoms with Crippen LogP contribution in [0.2, 0.25) is 0 Å². The SMILES string of the molecule is COc1ccc(OC[C@H](C)NC(=O)C2CCCC2)cc1. The lowest BCUT2D eigenvalue weighted by atomic mass is 10.1. The van der Waals surface area contributed by atoms with Crippen molar-refractivity contribution in [3.63, 3.8) is 0 Å². The van der Waals surface area contributed by atoms with Crippen LogP contribution in [0.4, 0.5) is 0 Å². The van der Waals surface area contributed by atoms with Gasteiger partial charge in [0.1, 0.15) is 18.1 Å². The third-order valence-corrected chi connectivity index (χ3v) is 3.67. The molecule has 0 radical (unpaired) electrons. The van der Waals surface area contributed by atoms with Gasteiger partial charge in [-0.2, -0.15) is 0 Å². The molecular weight excluding hydrogens is 254 g/mol. The van der Waals surface area contributed by atoms with Crippen LogP contribution < -0.4 is 14.8 Å². The Bertz CT molecular complexity index is 424. The molecule has 1 amide bonds. The van der Waals surface area contributed by atoms with E-state index in [1.54, 1.807) is 7.11 Å². The number of ether oxygens (including phenoxy) is 2. The molecule has 1 fully saturated rings. The maximum Gasteiger partial charge on any atom is 0.223 e. The molecule has 110 valence electrons. The van der Waals surface area contributed by atoms with Gasteiger partial charge < -0.3 is 14.8 Å². The highest BCUT2D eigenvalue weighted by molar-refractivity contribution is 5.79. The standard InChI is InChI=1S/C16H23NO3/c1-12(17-16(18)13-5-3-4-6-13)11-20-15-9-7-14(19-2)8-10-15/h7-10,12-13H,3-6,11H2,1-2H3,(H,17,18)/t12-/m0/s1. The monoisotopic (exact) mass is 277 g/mol. The van der Waals surface area contributed by atoms with E-state index in [1.165, 1.54) is 12.8 Å². The molecule has 1 saturated carbocycles. The lowest BCUT2D eigenvalue weighted by molar-refractivity contribution is -0.125. The Morgan fingerprint density at radius 3 is 2.45 bits per heavy atom. The highest BCUT2D eigenvalue weighted by Crippen LogP contribution is 2.24. The van der Waals surface area contributed by atoms with Gasteiger partial charge in [-0.1, -0.05) is 12.8 Å². The predicted octanol–water partition coefficient (Wildman–Crippen LogP) is 2.77. The molecule has 2 rings (SSSR count). The fraction of sp³-hybridized carbons (Fsp3) is 0.562. The van der Waals surface area contributed by atoms with Gasteiger partial charge in [0.15, 0.2) is 0 Å². The van der Waals surface area contributed by atoms with Gasteiger partial charge in [0, 0.05) is 5.92 Å². The zero-order valence-corrected chi connectivity index (χ0v) is 12.2. The molecule has 1 atom stereocenters. The second-order valence-electron chi connectivity index (χ2n) is 5.38. The lowest BCUT2D eigenvalue weighted by Gasteiger charge is -2.17. The van der Waals surface area contributed by atoms with Gasteiger partial charge in [0.05, 0.1) is 13.2 Å². The van der Waals surface area contributed by atoms with Crippen molar-refractivity contribution in [1.29, 1.82) is 0 Å². The largest absolute Gasteiger partial charge is 0.497 e. The Morgan fingerprint density at radius 1 is 1.25 bits per heavy atom. The lowest BCUT2D eigenvalue weighted by Crippen LogP contribution is -2.39. The summed E-state index contributed by atoms with van der Waals surface area (Å²) in [5.41, 5.74) is 0. The van der Waals surface area contributed by atoms with Crippen molar-refractivity contribution < 1.29 is 14.3 Å². The molecule has 0 aromatic heterocycles. The van der Waals surface area contributed by atoms with E-state index in [1.807, 2.05) is 31.2 Å². The number of benzene rings is 1. The molecule has 20 heavy (non-hydrogen) atoms. The van der Waals surface area contributed by atoms with Crippen LogP contribution in [0.3, 0.4) is 0 Å². The van der Waals surface area contributed by atoms with E-state index >= 15 is 0 Å². The van der Waals surface area contributed by atoms with Crippen molar-refractivity contribution in [2.24, 2.45) is 5.92 Å². The van der Waals surface area contributed by atoms with Gasteiger partial charge in [-0.3, -0.25) is 4.79 Å². The van der Waals surface area contributed by atoms with Crippen LogP contribution in [0.1, 0.15) is 32.6 Å². The van der Waals surface area contributed by atoms with Crippen LogP contribution in [0.5, 0.6) is 11.5 Å². The van der Waals surface area contributed by atoms with Crippen LogP contribution in [0.25, 0.3) is 0 Å². The van der Waals surface area contributed by atoms with Crippen molar-refractivity contribution in [3.05, 3.63) is 24.3 Å². The van der Waals surface area contributed by atoms with Gasteiger partial charge in [0.25, 0.3) is 0 Å². The highest BCUT2D eigenvalue weighted by Gasteiger charge is 2.23. The molecule has 1 aliphatic rings. The first-order chi connectivity index (χ1) is 9.69. The van der Waals surface area contributed by atoms with Gasteiger partial charge in [-0.25, -0.2) is 0 Å². The third kappa shape index (κ3) is 4.15. The molecule has 1 aromatic carbocycles. The maximum absolute atomic E-state index is 12.0. The Labute approximate surface area is 120 Å². The van der Waals surface area contributed by atoms with Crippen molar-refractivity contribution in [2.75, 3.05) is 13.7 Å². The van der Waals surface area contributed by atoms with Crippen LogP contribution in [-0.4, -0.2) is 25.7 Å². The summed E-state index contributed by atoms with van der Waals surface area (Å²) in [6.45, 7) is 2.45. The van der Waals surface area contributed by atoms with E-state index in [9.17, 15) is 4.79 Å². The molecule has 0 bridgehead atoms. The smallest absolute Gasteiger partial charge is 0.223 e. The first kappa shape index (κ1) is 14.7. The molecule has 0 saturated heterocycles. The minimum absolute atomic E-state index is 0.0187. The van der Waals surface area contributed by atoms with E-state index < -0.39 is 0 Å². The second kappa shape index (κ2) is 7.17. The first-order valence-electron chi connectivity index (χ1n) is 7.26. The second-order valence-corrected chi connectivity index (χ2v) is 5.38. The van der Waals surface area contributed by atoms with Gasteiger partial charge in [0.2, 0.25) is 5.91 Å². The number of carbonyl (C=O) groups is 1. The average Bonchev–Trinajstić information content (AvgIpc) is 3.00. The topological polar surface area (TPSA) is 47.6 Å². The van der Waals surface area contributed by atoms with E-state index in [-0.39, 0.29) is 17.9 Å². The molecule has 1 N–H and O–H groups in total. The molecule has 0 spiro atoms. The van der Waals surface area contributed by atoms with Crippen LogP contribution in [0.15, 0.2) is 24.3 Å². The zero-order valence-electron chi connectivity index (χ0n) is 12.2. The average molecular weight is 277 g/mol.